The van der Waals surface area contributed by atoms with Crippen LogP contribution in [0.3, 0.4) is 0 Å². The van der Waals surface area contributed by atoms with Crippen molar-refractivity contribution in [1.82, 2.24) is 5.32 Å². The van der Waals surface area contributed by atoms with E-state index >= 15 is 0 Å². The topological polar surface area (TPSA) is 61.7 Å². The standard InChI is InChI=1S/C12H25NO3/c1-9(2)11-6-10(4-5-16-11)13-12(3,7-14)8-15/h9-11,13-15H,4-8H2,1-3H3. The van der Waals surface area contributed by atoms with Gasteiger partial charge in [-0.2, -0.15) is 0 Å². The molecule has 2 atom stereocenters. The Kier molecular flexibility index (Phi) is 5.18. The summed E-state index contributed by atoms with van der Waals surface area (Å²) in [6.07, 6.45) is 2.18. The molecule has 96 valence electrons. The van der Waals surface area contributed by atoms with Crippen LogP contribution in [-0.4, -0.2) is 47.7 Å². The number of nitrogens with one attached hydrogen (secondary N) is 1. The van der Waals surface area contributed by atoms with E-state index in [1.54, 1.807) is 0 Å². The van der Waals surface area contributed by atoms with Crippen LogP contribution in [-0.2, 0) is 4.74 Å². The van der Waals surface area contributed by atoms with Crippen LogP contribution in [0.15, 0.2) is 0 Å². The number of ether oxygens (including phenoxy) is 1. The summed E-state index contributed by atoms with van der Waals surface area (Å²) in [7, 11) is 0. The molecule has 1 saturated heterocycles. The van der Waals surface area contributed by atoms with Crippen LogP contribution >= 0.6 is 0 Å². The monoisotopic (exact) mass is 231 g/mol. The minimum atomic E-state index is -0.580. The predicted molar refractivity (Wildman–Crippen MR) is 63.3 cm³/mol. The summed E-state index contributed by atoms with van der Waals surface area (Å²) in [5, 5.41) is 21.8. The Morgan fingerprint density at radius 2 is 2.00 bits per heavy atom. The lowest BCUT2D eigenvalue weighted by atomic mass is 9.93. The number of rotatable bonds is 5. The van der Waals surface area contributed by atoms with Crippen molar-refractivity contribution in [2.24, 2.45) is 5.92 Å². The Balaban J connectivity index is 2.48. The van der Waals surface area contributed by atoms with Gasteiger partial charge in [-0.05, 0) is 25.7 Å². The van der Waals surface area contributed by atoms with Gasteiger partial charge in [-0.25, -0.2) is 0 Å². The molecule has 0 saturated carbocycles. The van der Waals surface area contributed by atoms with Crippen molar-refractivity contribution in [1.29, 1.82) is 0 Å². The molecule has 4 heteroatoms. The molecule has 2 unspecified atom stereocenters. The first-order chi connectivity index (χ1) is 7.50. The van der Waals surface area contributed by atoms with E-state index in [4.69, 9.17) is 4.74 Å². The third kappa shape index (κ3) is 3.70. The van der Waals surface area contributed by atoms with E-state index in [1.807, 2.05) is 6.92 Å². The molecule has 0 amide bonds. The first kappa shape index (κ1) is 13.9. The Bertz CT molecular complexity index is 204. The molecule has 0 aromatic heterocycles. The Labute approximate surface area is 98.0 Å². The minimum absolute atomic E-state index is 0.0484. The molecule has 1 aliphatic heterocycles. The number of aliphatic hydroxyl groups is 2. The highest BCUT2D eigenvalue weighted by Crippen LogP contribution is 2.21. The van der Waals surface area contributed by atoms with Crippen molar-refractivity contribution in [3.05, 3.63) is 0 Å². The minimum Gasteiger partial charge on any atom is -0.394 e. The maximum atomic E-state index is 9.24. The molecule has 1 aliphatic rings. The Morgan fingerprint density at radius 3 is 2.50 bits per heavy atom. The molecular formula is C12H25NO3. The predicted octanol–water partition coefficient (Wildman–Crippen LogP) is 0.523. The molecule has 16 heavy (non-hydrogen) atoms. The molecule has 4 nitrogen and oxygen atoms in total. The van der Waals surface area contributed by atoms with Gasteiger partial charge in [-0.3, -0.25) is 0 Å². The highest BCUT2D eigenvalue weighted by molar-refractivity contribution is 4.88. The summed E-state index contributed by atoms with van der Waals surface area (Å²) in [5.41, 5.74) is -0.580. The Morgan fingerprint density at radius 1 is 1.38 bits per heavy atom. The van der Waals surface area contributed by atoms with Crippen LogP contribution < -0.4 is 5.32 Å². The van der Waals surface area contributed by atoms with Crippen LogP contribution in [0.2, 0.25) is 0 Å². The van der Waals surface area contributed by atoms with Crippen LogP contribution in [0.4, 0.5) is 0 Å². The lowest BCUT2D eigenvalue weighted by Crippen LogP contribution is -2.55. The first-order valence-electron chi connectivity index (χ1n) is 6.12. The van der Waals surface area contributed by atoms with Crippen LogP contribution in [0, 0.1) is 5.92 Å². The second-order valence-corrected chi connectivity index (χ2v) is 5.40. The summed E-state index contributed by atoms with van der Waals surface area (Å²) in [4.78, 5) is 0. The maximum absolute atomic E-state index is 9.24. The average Bonchev–Trinajstić information content (AvgIpc) is 2.29. The van der Waals surface area contributed by atoms with E-state index in [1.165, 1.54) is 0 Å². The zero-order valence-electron chi connectivity index (χ0n) is 10.6. The van der Waals surface area contributed by atoms with E-state index in [0.717, 1.165) is 19.4 Å². The van der Waals surface area contributed by atoms with E-state index in [9.17, 15) is 10.2 Å². The average molecular weight is 231 g/mol. The zero-order chi connectivity index (χ0) is 12.2. The molecule has 0 bridgehead atoms. The number of hydrogen-bond donors (Lipinski definition) is 3. The van der Waals surface area contributed by atoms with Gasteiger partial charge in [0.1, 0.15) is 0 Å². The molecule has 0 spiro atoms. The van der Waals surface area contributed by atoms with Gasteiger partial charge in [0, 0.05) is 12.6 Å². The smallest absolute Gasteiger partial charge is 0.0633 e. The van der Waals surface area contributed by atoms with E-state index in [-0.39, 0.29) is 19.3 Å². The van der Waals surface area contributed by atoms with E-state index < -0.39 is 5.54 Å². The number of hydrogen-bond acceptors (Lipinski definition) is 4. The van der Waals surface area contributed by atoms with Crippen LogP contribution in [0.25, 0.3) is 0 Å². The second kappa shape index (κ2) is 5.96. The lowest BCUT2D eigenvalue weighted by molar-refractivity contribution is -0.0337. The molecule has 0 aromatic rings. The molecule has 1 rings (SSSR count). The van der Waals surface area contributed by atoms with Crippen molar-refractivity contribution in [3.8, 4) is 0 Å². The quantitative estimate of drug-likeness (QED) is 0.645. The third-order valence-corrected chi connectivity index (χ3v) is 3.31. The van der Waals surface area contributed by atoms with Crippen molar-refractivity contribution in [2.45, 2.75) is 51.3 Å². The summed E-state index contributed by atoms with van der Waals surface area (Å²) in [6.45, 7) is 6.81. The molecule has 1 heterocycles. The molecule has 3 N–H and O–H groups in total. The molecule has 0 radical (unpaired) electrons. The van der Waals surface area contributed by atoms with Gasteiger partial charge in [0.2, 0.25) is 0 Å². The van der Waals surface area contributed by atoms with Gasteiger partial charge >= 0.3 is 0 Å². The van der Waals surface area contributed by atoms with Gasteiger partial charge in [0.05, 0.1) is 24.9 Å². The largest absolute Gasteiger partial charge is 0.394 e. The van der Waals surface area contributed by atoms with Crippen molar-refractivity contribution >= 4 is 0 Å². The van der Waals surface area contributed by atoms with Gasteiger partial charge in [0.15, 0.2) is 0 Å². The fourth-order valence-electron chi connectivity index (χ4n) is 2.06. The van der Waals surface area contributed by atoms with Crippen molar-refractivity contribution in [2.75, 3.05) is 19.8 Å². The van der Waals surface area contributed by atoms with E-state index in [2.05, 4.69) is 19.2 Å². The zero-order valence-corrected chi connectivity index (χ0v) is 10.6. The molecule has 1 fully saturated rings. The van der Waals surface area contributed by atoms with Gasteiger partial charge in [0.25, 0.3) is 0 Å². The maximum Gasteiger partial charge on any atom is 0.0633 e. The van der Waals surface area contributed by atoms with Crippen molar-refractivity contribution < 1.29 is 14.9 Å². The SMILES string of the molecule is CC(C)C1CC(NC(C)(CO)CO)CCO1. The second-order valence-electron chi connectivity index (χ2n) is 5.40. The highest BCUT2D eigenvalue weighted by atomic mass is 16.5. The summed E-state index contributed by atoms with van der Waals surface area (Å²) < 4.78 is 5.69. The van der Waals surface area contributed by atoms with Gasteiger partial charge < -0.3 is 20.3 Å². The van der Waals surface area contributed by atoms with Crippen molar-refractivity contribution in [3.63, 3.8) is 0 Å². The van der Waals surface area contributed by atoms with Gasteiger partial charge in [-0.1, -0.05) is 13.8 Å². The summed E-state index contributed by atoms with van der Waals surface area (Å²) >= 11 is 0. The van der Waals surface area contributed by atoms with Gasteiger partial charge in [-0.15, -0.1) is 0 Å². The molecular weight excluding hydrogens is 206 g/mol. The molecule has 0 aromatic carbocycles. The normalized spacial score (nSPS) is 27.4. The summed E-state index contributed by atoms with van der Waals surface area (Å²) in [5.74, 6) is 0.513. The van der Waals surface area contributed by atoms with Crippen LogP contribution in [0.1, 0.15) is 33.6 Å². The van der Waals surface area contributed by atoms with Crippen LogP contribution in [0.5, 0.6) is 0 Å². The van der Waals surface area contributed by atoms with E-state index in [0.29, 0.717) is 12.0 Å². The first-order valence-corrected chi connectivity index (χ1v) is 6.12. The lowest BCUT2D eigenvalue weighted by Gasteiger charge is -2.38. The fourth-order valence-corrected chi connectivity index (χ4v) is 2.06. The fraction of sp³-hybridized carbons (Fsp3) is 1.00. The molecule has 0 aliphatic carbocycles. The Hall–Kier alpha value is -0.160. The third-order valence-electron chi connectivity index (χ3n) is 3.31. The number of aliphatic hydroxyl groups excluding tert-OH is 2. The summed E-state index contributed by atoms with van der Waals surface area (Å²) in [6, 6.07) is 0.324. The highest BCUT2D eigenvalue weighted by Gasteiger charge is 2.30.